The van der Waals surface area contributed by atoms with Crippen molar-refractivity contribution < 1.29 is 39.9 Å². The molecule has 0 heterocycles. The third-order valence-corrected chi connectivity index (χ3v) is 8.94. The Morgan fingerprint density at radius 2 is 1.72 bits per heavy atom. The smallest absolute Gasteiger partial charge is 0.381 e. The van der Waals surface area contributed by atoms with Gasteiger partial charge in [0.2, 0.25) is 5.91 Å². The van der Waals surface area contributed by atoms with E-state index in [0.29, 0.717) is 18.9 Å². The minimum atomic E-state index is -5.07. The maximum Gasteiger partial charge on any atom is 0.417 e. The van der Waals surface area contributed by atoms with Crippen molar-refractivity contribution in [1.82, 2.24) is 5.32 Å². The van der Waals surface area contributed by atoms with Crippen LogP contribution in [0.15, 0.2) is 41.3 Å². The minimum absolute atomic E-state index is 0.0631. The highest BCUT2D eigenvalue weighted by Gasteiger charge is 2.51. The lowest BCUT2D eigenvalue weighted by Crippen LogP contribution is -2.42. The Labute approximate surface area is 204 Å². The lowest BCUT2D eigenvalue weighted by molar-refractivity contribution is -0.139. The molecule has 0 radical (unpaired) electrons. The van der Waals surface area contributed by atoms with E-state index in [1.54, 1.807) is 0 Å². The fourth-order valence-electron chi connectivity index (χ4n) is 4.50. The highest BCUT2D eigenvalue weighted by atomic mass is 32.2. The first-order chi connectivity index (χ1) is 16.8. The molecule has 2 aromatic carbocycles. The number of nitrogens with one attached hydrogen (secondary N) is 1. The van der Waals surface area contributed by atoms with Crippen LogP contribution in [-0.4, -0.2) is 38.3 Å². The molecule has 0 unspecified atom stereocenters. The van der Waals surface area contributed by atoms with Crippen LogP contribution < -0.4 is 5.32 Å². The Bertz CT molecular complexity index is 1350. The van der Waals surface area contributed by atoms with Crippen LogP contribution in [-0.2, 0) is 25.5 Å². The zero-order valence-corrected chi connectivity index (χ0v) is 19.7. The summed E-state index contributed by atoms with van der Waals surface area (Å²) in [5, 5.41) is 10.5. The number of nitrogens with zero attached hydrogens (tertiary/aromatic N) is 1. The SMILES string of the molecule is CO[C@@H]1C[C@H](S(=O)(=O)c2ccc(-c3ccc(F)c(F)c3)cc2C(F)(F)F)C[C@H]1C(=O)NC1(C#N)CC1. The monoisotopic (exact) mass is 528 g/mol. The maximum absolute atomic E-state index is 14.0. The maximum atomic E-state index is 14.0. The molecule has 1 N–H and O–H groups in total. The molecule has 0 bridgehead atoms. The van der Waals surface area contributed by atoms with Crippen LogP contribution in [0.3, 0.4) is 0 Å². The lowest BCUT2D eigenvalue weighted by Gasteiger charge is -2.19. The van der Waals surface area contributed by atoms with Crippen LogP contribution in [0.1, 0.15) is 31.2 Å². The second kappa shape index (κ2) is 9.12. The molecule has 1 amide bonds. The largest absolute Gasteiger partial charge is 0.417 e. The van der Waals surface area contributed by atoms with Gasteiger partial charge in [-0.15, -0.1) is 0 Å². The van der Waals surface area contributed by atoms with Crippen molar-refractivity contribution in [2.75, 3.05) is 7.11 Å². The molecule has 0 saturated heterocycles. The van der Waals surface area contributed by atoms with E-state index in [9.17, 15) is 40.4 Å². The molecule has 0 spiro atoms. The fourth-order valence-corrected chi connectivity index (χ4v) is 6.50. The van der Waals surface area contributed by atoms with Crippen molar-refractivity contribution in [3.8, 4) is 17.2 Å². The van der Waals surface area contributed by atoms with Crippen molar-refractivity contribution in [1.29, 1.82) is 5.26 Å². The molecule has 6 nitrogen and oxygen atoms in total. The number of ether oxygens (including phenoxy) is 1. The normalized spacial score (nSPS) is 23.2. The van der Waals surface area contributed by atoms with Crippen LogP contribution in [0.25, 0.3) is 11.1 Å². The van der Waals surface area contributed by atoms with Crippen LogP contribution in [0, 0.1) is 28.9 Å². The number of hydrogen-bond acceptors (Lipinski definition) is 5. The van der Waals surface area contributed by atoms with Gasteiger partial charge in [0.15, 0.2) is 21.5 Å². The highest BCUT2D eigenvalue weighted by molar-refractivity contribution is 7.92. The predicted octanol–water partition coefficient (Wildman–Crippen LogP) is 4.39. The van der Waals surface area contributed by atoms with E-state index in [2.05, 4.69) is 5.32 Å². The predicted molar refractivity (Wildman–Crippen MR) is 117 cm³/mol. The van der Waals surface area contributed by atoms with Gasteiger partial charge in [-0.05, 0) is 61.1 Å². The molecule has 4 rings (SSSR count). The zero-order valence-electron chi connectivity index (χ0n) is 18.9. The fraction of sp³-hybridized carbons (Fsp3) is 0.417. The number of nitriles is 1. The quantitative estimate of drug-likeness (QED) is 0.561. The lowest BCUT2D eigenvalue weighted by atomic mass is 10.0. The van der Waals surface area contributed by atoms with Crippen LogP contribution in [0.2, 0.25) is 0 Å². The molecule has 192 valence electrons. The number of methoxy groups -OCH3 is 1. The average Bonchev–Trinajstić information content (AvgIpc) is 3.45. The van der Waals surface area contributed by atoms with Crippen LogP contribution in [0.4, 0.5) is 22.0 Å². The summed E-state index contributed by atoms with van der Waals surface area (Å²) in [4.78, 5) is 11.8. The Hall–Kier alpha value is -3.04. The third-order valence-electron chi connectivity index (χ3n) is 6.71. The molecule has 2 fully saturated rings. The Kier molecular flexibility index (Phi) is 6.59. The summed E-state index contributed by atoms with van der Waals surface area (Å²) in [6, 6.07) is 7.02. The topological polar surface area (TPSA) is 96.3 Å². The number of rotatable bonds is 6. The van der Waals surface area contributed by atoms with E-state index >= 15 is 0 Å². The van der Waals surface area contributed by atoms with Gasteiger partial charge in [-0.1, -0.05) is 12.1 Å². The van der Waals surface area contributed by atoms with E-state index in [4.69, 9.17) is 4.74 Å². The number of sulfone groups is 1. The van der Waals surface area contributed by atoms with E-state index in [0.717, 1.165) is 30.3 Å². The Balaban J connectivity index is 1.67. The van der Waals surface area contributed by atoms with Gasteiger partial charge >= 0.3 is 6.18 Å². The van der Waals surface area contributed by atoms with Crippen molar-refractivity contribution in [3.63, 3.8) is 0 Å². The van der Waals surface area contributed by atoms with Crippen molar-refractivity contribution in [2.45, 2.75) is 53.6 Å². The summed E-state index contributed by atoms with van der Waals surface area (Å²) >= 11 is 0. The minimum Gasteiger partial charge on any atom is -0.381 e. The number of carbonyl (C=O) groups is 1. The summed E-state index contributed by atoms with van der Waals surface area (Å²) in [7, 11) is -3.32. The molecular weight excluding hydrogens is 507 g/mol. The highest BCUT2D eigenvalue weighted by Crippen LogP contribution is 2.43. The number of amides is 1. The molecule has 2 aliphatic carbocycles. The van der Waals surface area contributed by atoms with Gasteiger partial charge in [-0.25, -0.2) is 17.2 Å². The van der Waals surface area contributed by atoms with Gasteiger partial charge < -0.3 is 10.1 Å². The first kappa shape index (κ1) is 26.0. The summed E-state index contributed by atoms with van der Waals surface area (Å²) in [5.74, 6) is -3.98. The molecule has 12 heteroatoms. The van der Waals surface area contributed by atoms with E-state index in [1.165, 1.54) is 7.11 Å². The second-order valence-electron chi connectivity index (χ2n) is 9.04. The van der Waals surface area contributed by atoms with Crippen molar-refractivity contribution in [3.05, 3.63) is 53.6 Å². The van der Waals surface area contributed by atoms with E-state index in [-0.39, 0.29) is 24.0 Å². The van der Waals surface area contributed by atoms with Gasteiger partial charge in [-0.2, -0.15) is 18.4 Å². The van der Waals surface area contributed by atoms with Crippen LogP contribution in [0.5, 0.6) is 0 Å². The van der Waals surface area contributed by atoms with Crippen LogP contribution >= 0.6 is 0 Å². The van der Waals surface area contributed by atoms with E-state index < -0.39 is 66.8 Å². The number of benzene rings is 2. The number of alkyl halides is 3. The van der Waals surface area contributed by atoms with Gasteiger partial charge in [-0.3, -0.25) is 4.79 Å². The summed E-state index contributed by atoms with van der Waals surface area (Å²) in [6.45, 7) is 0. The Morgan fingerprint density at radius 1 is 1.08 bits per heavy atom. The summed E-state index contributed by atoms with van der Waals surface area (Å²) < 4.78 is 101. The van der Waals surface area contributed by atoms with Gasteiger partial charge in [0.05, 0.1) is 33.8 Å². The standard InChI is InChI=1S/C24H21F5N2O4S/c1-35-20-11-15(10-16(20)22(32)31-23(12-30)6-7-23)36(33,34)21-5-3-13(8-17(21)24(27,28)29)14-2-4-18(25)19(26)9-14/h2-5,8-9,15-16,20H,6-7,10-11H2,1H3,(H,31,32)/t15-,16-,20-/m1/s1. The first-order valence-corrected chi connectivity index (χ1v) is 12.5. The molecule has 36 heavy (non-hydrogen) atoms. The Morgan fingerprint density at radius 3 is 2.28 bits per heavy atom. The summed E-state index contributed by atoms with van der Waals surface area (Å²) in [5.41, 5.74) is -2.66. The molecule has 3 atom stereocenters. The molecule has 2 saturated carbocycles. The molecule has 0 aromatic heterocycles. The number of halogens is 5. The number of hydrogen-bond donors (Lipinski definition) is 1. The molecule has 2 aromatic rings. The van der Waals surface area contributed by atoms with Crippen molar-refractivity contribution in [2.24, 2.45) is 5.92 Å². The van der Waals surface area contributed by atoms with Gasteiger partial charge in [0.25, 0.3) is 0 Å². The molecule has 2 aliphatic rings. The zero-order chi connectivity index (χ0) is 26.5. The molecule has 0 aliphatic heterocycles. The van der Waals surface area contributed by atoms with Gasteiger partial charge in [0.1, 0.15) is 5.54 Å². The average molecular weight is 528 g/mol. The third kappa shape index (κ3) is 4.82. The first-order valence-electron chi connectivity index (χ1n) is 11.0. The van der Waals surface area contributed by atoms with Crippen molar-refractivity contribution >= 4 is 15.7 Å². The second-order valence-corrected chi connectivity index (χ2v) is 11.2. The van der Waals surface area contributed by atoms with E-state index in [1.807, 2.05) is 6.07 Å². The number of carbonyl (C=O) groups excluding carboxylic acids is 1. The van der Waals surface area contributed by atoms with Gasteiger partial charge in [0, 0.05) is 7.11 Å². The summed E-state index contributed by atoms with van der Waals surface area (Å²) in [6.07, 6.45) is -5.51. The molecular formula is C24H21F5N2O4S.